The van der Waals surface area contributed by atoms with Crippen molar-refractivity contribution in [1.29, 1.82) is 0 Å². The third-order valence-corrected chi connectivity index (χ3v) is 3.63. The van der Waals surface area contributed by atoms with E-state index < -0.39 is 11.9 Å². The van der Waals surface area contributed by atoms with E-state index in [1.165, 1.54) is 12.3 Å². The third kappa shape index (κ3) is 5.51. The van der Waals surface area contributed by atoms with E-state index in [1.54, 1.807) is 25.1 Å². The second-order valence-corrected chi connectivity index (χ2v) is 5.49. The van der Waals surface area contributed by atoms with Gasteiger partial charge in [0.05, 0.1) is 18.6 Å². The van der Waals surface area contributed by atoms with Crippen LogP contribution >= 0.6 is 11.8 Å². The number of nitrogens with zero attached hydrogens (tertiary/aromatic N) is 2. The number of ether oxygens (including phenoxy) is 1. The predicted octanol–water partition coefficient (Wildman–Crippen LogP) is 1.94. The fourth-order valence-electron chi connectivity index (χ4n) is 1.63. The number of ketones is 1. The van der Waals surface area contributed by atoms with Crippen molar-refractivity contribution in [2.45, 2.75) is 18.4 Å². The molecule has 0 bridgehead atoms. The zero-order valence-electron chi connectivity index (χ0n) is 12.9. The smallest absolute Gasteiger partial charge is 0.313 e. The summed E-state index contributed by atoms with van der Waals surface area (Å²) in [6.45, 7) is 1.93. The number of hydrogen-bond donors (Lipinski definition) is 1. The molecule has 0 aliphatic heterocycles. The van der Waals surface area contributed by atoms with E-state index in [-0.39, 0.29) is 36.1 Å². The van der Waals surface area contributed by atoms with E-state index in [2.05, 4.69) is 15.5 Å². The van der Waals surface area contributed by atoms with Gasteiger partial charge in [0, 0.05) is 0 Å². The van der Waals surface area contributed by atoms with Crippen molar-refractivity contribution in [3.8, 4) is 0 Å². The van der Waals surface area contributed by atoms with E-state index in [1.807, 2.05) is 0 Å². The van der Waals surface area contributed by atoms with E-state index in [0.717, 1.165) is 11.8 Å². The summed E-state index contributed by atoms with van der Waals surface area (Å²) in [7, 11) is 0. The Kier molecular flexibility index (Phi) is 6.50. The van der Waals surface area contributed by atoms with Gasteiger partial charge in [-0.05, 0) is 31.2 Å². The van der Waals surface area contributed by atoms with Gasteiger partial charge in [0.25, 0.3) is 5.91 Å². The lowest BCUT2D eigenvalue weighted by atomic mass is 10.3. The van der Waals surface area contributed by atoms with E-state index in [9.17, 15) is 14.4 Å². The molecule has 2 aromatic heterocycles. The minimum atomic E-state index is -0.537. The van der Waals surface area contributed by atoms with Crippen LogP contribution < -0.4 is 5.32 Å². The van der Waals surface area contributed by atoms with Gasteiger partial charge in [-0.25, -0.2) is 0 Å². The third-order valence-electron chi connectivity index (χ3n) is 2.65. The maximum Gasteiger partial charge on any atom is 0.313 e. The molecule has 126 valence electrons. The molecule has 0 unspecified atom stereocenters. The molecule has 0 radical (unpaired) electrons. The van der Waals surface area contributed by atoms with Gasteiger partial charge in [-0.2, -0.15) is 0 Å². The van der Waals surface area contributed by atoms with Crippen LogP contribution in [0.4, 0.5) is 5.82 Å². The Balaban J connectivity index is 1.80. The summed E-state index contributed by atoms with van der Waals surface area (Å²) >= 11 is 1.15. The fraction of sp³-hybridized carbons (Fsp3) is 0.267. The largest absolute Gasteiger partial charge is 0.466 e. The highest BCUT2D eigenvalue weighted by Crippen LogP contribution is 2.16. The normalized spacial score (nSPS) is 10.2. The molecule has 0 aliphatic rings. The summed E-state index contributed by atoms with van der Waals surface area (Å²) in [4.78, 5) is 34.6. The number of rotatable bonds is 8. The Labute approximate surface area is 142 Å². The molecular formula is C15H15N3O5S. The van der Waals surface area contributed by atoms with Gasteiger partial charge in [-0.1, -0.05) is 11.8 Å². The first-order valence-electron chi connectivity index (χ1n) is 7.07. The molecule has 24 heavy (non-hydrogen) atoms. The molecule has 8 nitrogen and oxygen atoms in total. The number of Topliss-reactive ketones (excluding diaryl/α,β-unsaturated/α-hetero) is 1. The second kappa shape index (κ2) is 8.82. The average Bonchev–Trinajstić information content (AvgIpc) is 3.09. The zero-order valence-corrected chi connectivity index (χ0v) is 13.7. The van der Waals surface area contributed by atoms with Crippen LogP contribution in [0.5, 0.6) is 0 Å². The lowest BCUT2D eigenvalue weighted by Gasteiger charge is -2.03. The van der Waals surface area contributed by atoms with Gasteiger partial charge in [-0.3, -0.25) is 14.4 Å². The number of carbonyl (C=O) groups is 3. The number of esters is 1. The zero-order chi connectivity index (χ0) is 17.4. The van der Waals surface area contributed by atoms with Crippen molar-refractivity contribution in [1.82, 2.24) is 10.2 Å². The highest BCUT2D eigenvalue weighted by atomic mass is 32.2. The van der Waals surface area contributed by atoms with Crippen molar-refractivity contribution in [2.75, 3.05) is 17.7 Å². The summed E-state index contributed by atoms with van der Waals surface area (Å²) in [5, 5.41) is 10.8. The molecule has 1 amide bonds. The standard InChI is InChI=1S/C15H15N3O5S/c1-2-22-14(20)8-10(19)9-24-13-6-5-12(17-18-13)16-15(21)11-4-3-7-23-11/h3-7H,2,8-9H2,1H3,(H,16,17,21). The molecular weight excluding hydrogens is 334 g/mol. The fourth-order valence-corrected chi connectivity index (χ4v) is 2.30. The molecule has 0 spiro atoms. The van der Waals surface area contributed by atoms with Crippen molar-refractivity contribution in [3.63, 3.8) is 0 Å². The van der Waals surface area contributed by atoms with E-state index in [4.69, 9.17) is 9.15 Å². The van der Waals surface area contributed by atoms with Gasteiger partial charge in [0.15, 0.2) is 17.4 Å². The monoisotopic (exact) mass is 349 g/mol. The molecule has 0 saturated heterocycles. The number of anilines is 1. The molecule has 2 rings (SSSR count). The van der Waals surface area contributed by atoms with Crippen LogP contribution in [0, 0.1) is 0 Å². The molecule has 0 fully saturated rings. The number of hydrogen-bond acceptors (Lipinski definition) is 8. The van der Waals surface area contributed by atoms with Crippen molar-refractivity contribution in [3.05, 3.63) is 36.3 Å². The summed E-state index contributed by atoms with van der Waals surface area (Å²) in [5.41, 5.74) is 0. The van der Waals surface area contributed by atoms with Gasteiger partial charge >= 0.3 is 5.97 Å². The van der Waals surface area contributed by atoms with Gasteiger partial charge in [0.1, 0.15) is 11.4 Å². The first-order chi connectivity index (χ1) is 11.6. The van der Waals surface area contributed by atoms with E-state index >= 15 is 0 Å². The minimum Gasteiger partial charge on any atom is -0.466 e. The second-order valence-electron chi connectivity index (χ2n) is 4.50. The molecule has 0 aromatic carbocycles. The topological polar surface area (TPSA) is 111 Å². The van der Waals surface area contributed by atoms with Crippen LogP contribution in [-0.2, 0) is 14.3 Å². The molecule has 0 saturated carbocycles. The number of carbonyl (C=O) groups excluding carboxylic acids is 3. The Hall–Kier alpha value is -2.68. The number of amides is 1. The maximum atomic E-state index is 11.8. The van der Waals surface area contributed by atoms with Gasteiger partial charge in [0.2, 0.25) is 0 Å². The van der Waals surface area contributed by atoms with Crippen LogP contribution in [0.1, 0.15) is 23.9 Å². The summed E-state index contributed by atoms with van der Waals surface area (Å²) in [6, 6.07) is 6.31. The number of thioether (sulfide) groups is 1. The molecule has 1 N–H and O–H groups in total. The number of aromatic nitrogens is 2. The number of nitrogens with one attached hydrogen (secondary N) is 1. The first kappa shape index (κ1) is 17.7. The predicted molar refractivity (Wildman–Crippen MR) is 85.7 cm³/mol. The van der Waals surface area contributed by atoms with Gasteiger partial charge in [-0.15, -0.1) is 10.2 Å². The van der Waals surface area contributed by atoms with Crippen LogP contribution in [0.3, 0.4) is 0 Å². The Morgan fingerprint density at radius 3 is 2.71 bits per heavy atom. The number of furan rings is 1. The summed E-state index contributed by atoms with van der Waals surface area (Å²) in [5.74, 6) is -0.704. The lowest BCUT2D eigenvalue weighted by molar-refractivity contribution is -0.145. The Morgan fingerprint density at radius 2 is 2.08 bits per heavy atom. The van der Waals surface area contributed by atoms with Crippen LogP contribution in [0.15, 0.2) is 40.0 Å². The van der Waals surface area contributed by atoms with Crippen molar-refractivity contribution in [2.24, 2.45) is 0 Å². The SMILES string of the molecule is CCOC(=O)CC(=O)CSc1ccc(NC(=O)c2ccco2)nn1. The molecule has 2 heterocycles. The van der Waals surface area contributed by atoms with Gasteiger partial charge < -0.3 is 14.5 Å². The quantitative estimate of drug-likeness (QED) is 0.437. The average molecular weight is 349 g/mol. The highest BCUT2D eigenvalue weighted by molar-refractivity contribution is 7.99. The van der Waals surface area contributed by atoms with Crippen LogP contribution in [-0.4, -0.2) is 40.2 Å². The molecule has 2 aromatic rings. The molecule has 9 heteroatoms. The van der Waals surface area contributed by atoms with Crippen LogP contribution in [0.2, 0.25) is 0 Å². The van der Waals surface area contributed by atoms with E-state index in [0.29, 0.717) is 5.03 Å². The summed E-state index contributed by atoms with van der Waals surface area (Å²) in [6.07, 6.45) is 1.14. The van der Waals surface area contributed by atoms with Crippen molar-refractivity contribution < 1.29 is 23.5 Å². The highest BCUT2D eigenvalue weighted by Gasteiger charge is 2.12. The Morgan fingerprint density at radius 1 is 1.25 bits per heavy atom. The maximum absolute atomic E-state index is 11.8. The minimum absolute atomic E-state index is 0.0889. The van der Waals surface area contributed by atoms with Crippen LogP contribution in [0.25, 0.3) is 0 Å². The first-order valence-corrected chi connectivity index (χ1v) is 8.05. The Bertz CT molecular complexity index is 700. The molecule has 0 atom stereocenters. The lowest BCUT2D eigenvalue weighted by Crippen LogP contribution is -2.13. The summed E-state index contributed by atoms with van der Waals surface area (Å²) < 4.78 is 9.67. The molecule has 0 aliphatic carbocycles. The van der Waals surface area contributed by atoms with Crippen molar-refractivity contribution >= 4 is 35.2 Å².